The fourth-order valence-electron chi connectivity index (χ4n) is 6.94. The molecule has 5 N–H and O–H groups in total. The van der Waals surface area contributed by atoms with E-state index in [1.807, 2.05) is 52.0 Å². The molecule has 17 heteroatoms. The van der Waals surface area contributed by atoms with Crippen LogP contribution in [0, 0.1) is 15.7 Å². The Bertz CT molecular complexity index is 1950. The molecule has 2 aromatic carbocycles. The molecule has 0 aliphatic heterocycles. The Balaban J connectivity index is 1.28. The number of aromatic nitrogens is 6. The van der Waals surface area contributed by atoms with Crippen LogP contribution in [0.3, 0.4) is 0 Å². The SMILES string of the molecule is CCCCc1nc(Cl)c(CNC(=O)CCCC(=O)NCCC(CCNC(C)(C)C(C)N=O)CCNC(C)(C)C(C)N=O)n1Cc1ccc(-c2ccccc2-c2nn[nH]n2)cc1. The van der Waals surface area contributed by atoms with Crippen molar-refractivity contribution in [2.75, 3.05) is 19.6 Å². The average molecular weight is 862 g/mol. The molecule has 16 nitrogen and oxygen atoms in total. The van der Waals surface area contributed by atoms with Gasteiger partial charge in [0.2, 0.25) is 17.6 Å². The molecule has 2 aromatic heterocycles. The molecule has 4 aromatic rings. The van der Waals surface area contributed by atoms with Crippen molar-refractivity contribution in [2.24, 2.45) is 16.3 Å². The van der Waals surface area contributed by atoms with Crippen LogP contribution < -0.4 is 21.3 Å². The van der Waals surface area contributed by atoms with E-state index in [4.69, 9.17) is 16.6 Å². The summed E-state index contributed by atoms with van der Waals surface area (Å²) in [4.78, 5) is 52.8. The Labute approximate surface area is 364 Å². The lowest BCUT2D eigenvalue weighted by atomic mass is 9.92. The minimum absolute atomic E-state index is 0.104. The van der Waals surface area contributed by atoms with Crippen molar-refractivity contribution in [2.45, 2.75) is 143 Å². The number of hydrogen-bond acceptors (Lipinski definition) is 12. The van der Waals surface area contributed by atoms with Crippen LogP contribution in [0.2, 0.25) is 5.15 Å². The van der Waals surface area contributed by atoms with E-state index in [0.29, 0.717) is 43.6 Å². The Morgan fingerprint density at radius 1 is 0.820 bits per heavy atom. The zero-order chi connectivity index (χ0) is 44.4. The number of amides is 2. The number of rotatable bonds is 28. The lowest BCUT2D eigenvalue weighted by Gasteiger charge is -2.31. The normalized spacial score (nSPS) is 13.4. The van der Waals surface area contributed by atoms with Crippen molar-refractivity contribution in [3.05, 3.63) is 80.6 Å². The maximum absolute atomic E-state index is 13.0. The number of tetrazole rings is 1. The Kier molecular flexibility index (Phi) is 19.1. The molecular formula is C44H65ClN12O4. The second-order valence-electron chi connectivity index (χ2n) is 17.0. The molecule has 0 radical (unpaired) electrons. The number of carbonyl (C=O) groups excluding carboxylic acids is 2. The number of benzene rings is 2. The third kappa shape index (κ3) is 14.9. The summed E-state index contributed by atoms with van der Waals surface area (Å²) >= 11 is 6.71. The first-order chi connectivity index (χ1) is 29.2. The highest BCUT2D eigenvalue weighted by Gasteiger charge is 2.28. The van der Waals surface area contributed by atoms with E-state index in [9.17, 15) is 19.4 Å². The van der Waals surface area contributed by atoms with E-state index in [2.05, 4.69) is 88.0 Å². The second-order valence-corrected chi connectivity index (χ2v) is 17.4. The number of imidazole rings is 1. The highest BCUT2D eigenvalue weighted by Crippen LogP contribution is 2.30. The van der Waals surface area contributed by atoms with Crippen LogP contribution in [0.4, 0.5) is 0 Å². The molecule has 2 heterocycles. The number of nitrogens with one attached hydrogen (secondary N) is 5. The molecule has 61 heavy (non-hydrogen) atoms. The van der Waals surface area contributed by atoms with Crippen LogP contribution in [0.25, 0.3) is 22.5 Å². The lowest BCUT2D eigenvalue weighted by molar-refractivity contribution is -0.122. The maximum Gasteiger partial charge on any atom is 0.220 e. The largest absolute Gasteiger partial charge is 0.356 e. The summed E-state index contributed by atoms with van der Waals surface area (Å²) in [5.41, 5.74) is 3.81. The molecule has 0 aliphatic carbocycles. The zero-order valence-electron chi connectivity index (χ0n) is 36.9. The van der Waals surface area contributed by atoms with Gasteiger partial charge < -0.3 is 25.8 Å². The summed E-state index contributed by atoms with van der Waals surface area (Å²) in [6.45, 7) is 16.2. The summed E-state index contributed by atoms with van der Waals surface area (Å²) in [7, 11) is 0. The molecule has 0 saturated carbocycles. The van der Waals surface area contributed by atoms with Crippen LogP contribution in [-0.2, 0) is 29.1 Å². The summed E-state index contributed by atoms with van der Waals surface area (Å²) in [5.74, 6) is 1.40. The van der Waals surface area contributed by atoms with E-state index in [0.717, 1.165) is 72.3 Å². The molecule has 2 unspecified atom stereocenters. The van der Waals surface area contributed by atoms with Crippen LogP contribution in [0.1, 0.15) is 117 Å². The second kappa shape index (κ2) is 23.9. The Morgan fingerprint density at radius 3 is 1.98 bits per heavy atom. The fourth-order valence-corrected chi connectivity index (χ4v) is 7.20. The number of carbonyl (C=O) groups is 2. The molecule has 2 amide bonds. The third-order valence-corrected chi connectivity index (χ3v) is 12.1. The van der Waals surface area contributed by atoms with Crippen LogP contribution >= 0.6 is 11.6 Å². The van der Waals surface area contributed by atoms with E-state index in [-0.39, 0.29) is 49.2 Å². The molecule has 0 bridgehead atoms. The quantitative estimate of drug-likeness (QED) is 0.0355. The average Bonchev–Trinajstić information content (AvgIpc) is 3.89. The number of aryl methyl sites for hydroxylation is 1. The van der Waals surface area contributed by atoms with Crippen molar-refractivity contribution in [3.8, 4) is 22.5 Å². The minimum Gasteiger partial charge on any atom is -0.356 e. The van der Waals surface area contributed by atoms with Crippen molar-refractivity contribution in [1.82, 2.24) is 51.4 Å². The lowest BCUT2D eigenvalue weighted by Crippen LogP contribution is -2.48. The van der Waals surface area contributed by atoms with Gasteiger partial charge in [0.15, 0.2) is 5.15 Å². The zero-order valence-corrected chi connectivity index (χ0v) is 37.6. The fraction of sp³-hybridized carbons (Fsp3) is 0.591. The molecule has 0 fully saturated rings. The first-order valence-electron chi connectivity index (χ1n) is 21.5. The van der Waals surface area contributed by atoms with Crippen molar-refractivity contribution >= 4 is 23.4 Å². The van der Waals surface area contributed by atoms with Crippen LogP contribution in [-0.4, -0.2) is 84.8 Å². The van der Waals surface area contributed by atoms with Gasteiger partial charge in [-0.1, -0.05) is 83.8 Å². The minimum atomic E-state index is -0.441. The maximum atomic E-state index is 13.0. The highest BCUT2D eigenvalue weighted by molar-refractivity contribution is 6.30. The van der Waals surface area contributed by atoms with E-state index >= 15 is 0 Å². The molecule has 0 spiro atoms. The van der Waals surface area contributed by atoms with Gasteiger partial charge >= 0.3 is 0 Å². The first kappa shape index (κ1) is 48.7. The molecular weight excluding hydrogens is 796 g/mol. The van der Waals surface area contributed by atoms with Gasteiger partial charge in [-0.05, 0) is 115 Å². The number of H-pyrrole nitrogens is 1. The van der Waals surface area contributed by atoms with Crippen LogP contribution in [0.5, 0.6) is 0 Å². The highest BCUT2D eigenvalue weighted by atomic mass is 35.5. The van der Waals surface area contributed by atoms with Gasteiger partial charge in [0.1, 0.15) is 17.9 Å². The Hall–Kier alpha value is -4.93. The summed E-state index contributed by atoms with van der Waals surface area (Å²) in [6.07, 6.45) is 5.98. The topological polar surface area (TPSA) is 213 Å². The van der Waals surface area contributed by atoms with E-state index in [1.54, 1.807) is 13.8 Å². The van der Waals surface area contributed by atoms with Gasteiger partial charge in [0.05, 0.1) is 12.2 Å². The molecule has 0 aliphatic rings. The molecule has 332 valence electrons. The number of aromatic amines is 1. The summed E-state index contributed by atoms with van der Waals surface area (Å²) in [5, 5.41) is 34.3. The number of hydrogen-bond donors (Lipinski definition) is 5. The van der Waals surface area contributed by atoms with Gasteiger partial charge in [0, 0.05) is 49.0 Å². The predicted molar refractivity (Wildman–Crippen MR) is 241 cm³/mol. The van der Waals surface area contributed by atoms with Gasteiger partial charge in [-0.3, -0.25) is 9.59 Å². The van der Waals surface area contributed by atoms with E-state index < -0.39 is 11.1 Å². The van der Waals surface area contributed by atoms with Gasteiger partial charge in [-0.2, -0.15) is 15.0 Å². The summed E-state index contributed by atoms with van der Waals surface area (Å²) in [6, 6.07) is 15.5. The van der Waals surface area contributed by atoms with Gasteiger partial charge in [-0.15, -0.1) is 10.2 Å². The summed E-state index contributed by atoms with van der Waals surface area (Å²) < 4.78 is 2.10. The number of nitroso groups, excluding NO2 is 2. The number of unbranched alkanes of at least 4 members (excludes halogenated alkanes) is 1. The van der Waals surface area contributed by atoms with Crippen LogP contribution in [0.15, 0.2) is 58.9 Å². The molecule has 2 atom stereocenters. The first-order valence-corrected chi connectivity index (χ1v) is 21.9. The monoisotopic (exact) mass is 860 g/mol. The number of nitrogens with zero attached hydrogens (tertiary/aromatic N) is 7. The predicted octanol–water partition coefficient (Wildman–Crippen LogP) is 7.51. The third-order valence-electron chi connectivity index (χ3n) is 11.8. The van der Waals surface area contributed by atoms with Gasteiger partial charge in [-0.25, -0.2) is 4.98 Å². The standard InChI is InChI=1S/C44H65ClN12O4/c1-8-9-15-38-50-41(45)37(57(38)29-33-18-20-34(21-19-33)35-13-10-11-14-36(35)42-51-55-56-52-42)28-47-40(59)17-12-16-39(58)46-25-22-32(23-26-48-43(4,5)30(2)53-60)24-27-49-44(6,7)31(3)54-61/h10-11,13-14,18-21,30-32,48-49H,8-9,12,15-17,22-29H2,1-7H3,(H,46,58)(H,47,59)(H,51,52,55,56). The van der Waals surface area contributed by atoms with E-state index in [1.165, 1.54) is 0 Å². The van der Waals surface area contributed by atoms with Gasteiger partial charge in [0.25, 0.3) is 0 Å². The van der Waals surface area contributed by atoms with Crippen molar-refractivity contribution in [3.63, 3.8) is 0 Å². The Morgan fingerprint density at radius 2 is 1.41 bits per heavy atom. The number of halogens is 1. The smallest absolute Gasteiger partial charge is 0.220 e. The van der Waals surface area contributed by atoms with Crippen molar-refractivity contribution < 1.29 is 9.59 Å². The molecule has 4 rings (SSSR count). The molecule has 0 saturated heterocycles. The van der Waals surface area contributed by atoms with Crippen molar-refractivity contribution in [1.29, 1.82) is 0 Å².